The van der Waals surface area contributed by atoms with Crippen molar-refractivity contribution >= 4 is 8.17 Å². The second-order valence-corrected chi connectivity index (χ2v) is 1.92. The molecule has 0 spiro atoms. The van der Waals surface area contributed by atoms with E-state index in [0.29, 0.717) is 0 Å². The normalized spacial score (nSPS) is 25.0. The van der Waals surface area contributed by atoms with Crippen LogP contribution in [0.4, 0.5) is 0 Å². The summed E-state index contributed by atoms with van der Waals surface area (Å²) < 4.78 is 7.24. The van der Waals surface area contributed by atoms with Crippen LogP contribution in [-0.2, 0) is 9.35 Å². The minimum atomic E-state index is -3.14. The summed E-state index contributed by atoms with van der Waals surface area (Å²) in [6.45, 7) is 0. The van der Waals surface area contributed by atoms with Crippen LogP contribution in [0, 0.1) is 0 Å². The molecule has 1 saturated heterocycles. The summed E-state index contributed by atoms with van der Waals surface area (Å²) in [6.07, 6.45) is 0. The van der Waals surface area contributed by atoms with Gasteiger partial charge in [0.15, 0.2) is 0 Å². The predicted octanol–water partition coefficient (Wildman–Crippen LogP) is -3.27. The molecule has 6 heteroatoms. The molecule has 1 aliphatic heterocycles. The molecule has 4 nitrogen and oxygen atoms in total. The smallest absolute Gasteiger partial charge is 1.00 e. The largest absolute Gasteiger partial charge is 1.00 e. The van der Waals surface area contributed by atoms with Crippen molar-refractivity contribution in [2.45, 2.75) is 0 Å². The minimum absolute atomic E-state index is 0. The molecular weight excluding hydrogens is 102 g/mol. The second kappa shape index (κ2) is 1.77. The maximum atomic E-state index is 7.85. The van der Waals surface area contributed by atoms with E-state index in [1.165, 1.54) is 0 Å². The van der Waals surface area contributed by atoms with Crippen LogP contribution in [-0.4, -0.2) is 9.79 Å². The third-order valence-electron chi connectivity index (χ3n) is 0.208. The van der Waals surface area contributed by atoms with Crippen molar-refractivity contribution in [1.82, 2.24) is 0 Å². The Morgan fingerprint density at radius 3 is 1.50 bits per heavy atom. The zero-order valence-corrected chi connectivity index (χ0v) is 4.05. The Morgan fingerprint density at radius 1 is 1.33 bits per heavy atom. The third kappa shape index (κ3) is 2.11. The monoisotopic (exact) mass is 105 g/mol. The van der Waals surface area contributed by atoms with Crippen molar-refractivity contribution in [3.05, 3.63) is 0 Å². The quantitative estimate of drug-likeness (QED) is 0.147. The van der Waals surface area contributed by atoms with Crippen molar-refractivity contribution in [2.75, 3.05) is 0 Å². The molecule has 0 bridgehead atoms. The summed E-state index contributed by atoms with van der Waals surface area (Å²) in [4.78, 5) is 15.7. The van der Waals surface area contributed by atoms with Crippen molar-refractivity contribution in [3.63, 3.8) is 0 Å². The fourth-order valence-corrected chi connectivity index (χ4v) is 0.268. The van der Waals surface area contributed by atoms with Crippen LogP contribution in [0.5, 0.6) is 0 Å². The van der Waals surface area contributed by atoms with E-state index in [9.17, 15) is 0 Å². The van der Waals surface area contributed by atoms with E-state index >= 15 is 0 Å². The summed E-state index contributed by atoms with van der Waals surface area (Å²) in [5.41, 5.74) is 0. The summed E-state index contributed by atoms with van der Waals surface area (Å²) in [7, 11) is -3.14. The van der Waals surface area contributed by atoms with Crippen LogP contribution in [0.1, 0.15) is 1.43 Å². The third-order valence-corrected chi connectivity index (χ3v) is 0.624. The topological polar surface area (TPSA) is 65.5 Å². The average Bonchev–Trinajstić information content (AvgIpc) is 1.76. The molecular formula is H3LiO4P+. The van der Waals surface area contributed by atoms with Gasteiger partial charge in [0.25, 0.3) is 0 Å². The fraction of sp³-hybridized carbons (Fsp3) is 0. The Balaban J connectivity index is 0. The van der Waals surface area contributed by atoms with E-state index in [4.69, 9.17) is 9.79 Å². The zero-order valence-electron chi connectivity index (χ0n) is 4.16. The van der Waals surface area contributed by atoms with Crippen LogP contribution in [0.3, 0.4) is 0 Å². The van der Waals surface area contributed by atoms with Crippen LogP contribution in [0.25, 0.3) is 0 Å². The molecule has 1 rings (SSSR count). The van der Waals surface area contributed by atoms with Gasteiger partial charge in [-0.25, -0.2) is 0 Å². The van der Waals surface area contributed by atoms with Crippen LogP contribution in [0.2, 0.25) is 0 Å². The van der Waals surface area contributed by atoms with E-state index < -0.39 is 8.17 Å². The molecule has 0 aromatic carbocycles. The SMILES string of the molecule is O[P+]1(O)OO1.[H-].[Li+]. The molecule has 32 valence electrons. The first-order valence-corrected chi connectivity index (χ1v) is 2.46. The molecule has 6 heavy (non-hydrogen) atoms. The Bertz CT molecular complexity index is 49.7. The van der Waals surface area contributed by atoms with E-state index in [1.807, 2.05) is 0 Å². The number of hydrogen-bond donors (Lipinski definition) is 2. The van der Waals surface area contributed by atoms with Crippen LogP contribution in [0.15, 0.2) is 0 Å². The van der Waals surface area contributed by atoms with Gasteiger partial charge in [-0.15, -0.1) is 0 Å². The van der Waals surface area contributed by atoms with E-state index in [-0.39, 0.29) is 20.3 Å². The van der Waals surface area contributed by atoms with Crippen molar-refractivity contribution in [2.24, 2.45) is 0 Å². The molecule has 0 aliphatic carbocycles. The molecule has 0 amide bonds. The van der Waals surface area contributed by atoms with E-state index in [0.717, 1.165) is 0 Å². The Hall–Kier alpha value is 0.867. The molecule has 0 atom stereocenters. The molecule has 0 saturated carbocycles. The number of rotatable bonds is 0. The van der Waals surface area contributed by atoms with Gasteiger partial charge in [0.05, 0.1) is 9.35 Å². The predicted molar refractivity (Wildman–Crippen MR) is 14.6 cm³/mol. The van der Waals surface area contributed by atoms with Crippen molar-refractivity contribution < 1.29 is 39.4 Å². The fourth-order valence-electron chi connectivity index (χ4n) is 0.0298. The molecule has 2 N–H and O–H groups in total. The van der Waals surface area contributed by atoms with Gasteiger partial charge >= 0.3 is 27.0 Å². The summed E-state index contributed by atoms with van der Waals surface area (Å²) >= 11 is 0. The molecule has 0 radical (unpaired) electrons. The second-order valence-electron chi connectivity index (χ2n) is 0.640. The molecule has 1 fully saturated rings. The van der Waals surface area contributed by atoms with Gasteiger partial charge in [-0.1, -0.05) is 0 Å². The van der Waals surface area contributed by atoms with Gasteiger partial charge in [-0.3, -0.25) is 0 Å². The van der Waals surface area contributed by atoms with Crippen LogP contribution < -0.4 is 18.9 Å². The molecule has 0 aromatic heterocycles. The summed E-state index contributed by atoms with van der Waals surface area (Å²) in [5, 5.41) is 0. The molecule has 0 aromatic rings. The summed E-state index contributed by atoms with van der Waals surface area (Å²) in [5.74, 6) is 0. The van der Waals surface area contributed by atoms with Gasteiger partial charge in [0.1, 0.15) is 0 Å². The van der Waals surface area contributed by atoms with Gasteiger partial charge in [0.2, 0.25) is 0 Å². The first-order chi connectivity index (χ1) is 2.21. The average molecular weight is 105 g/mol. The van der Waals surface area contributed by atoms with Crippen molar-refractivity contribution in [3.8, 4) is 0 Å². The minimum Gasteiger partial charge on any atom is -1.00 e. The molecule has 1 aliphatic rings. The van der Waals surface area contributed by atoms with Crippen LogP contribution >= 0.6 is 8.17 Å². The van der Waals surface area contributed by atoms with Gasteiger partial charge in [0, 0.05) is 0 Å². The van der Waals surface area contributed by atoms with Gasteiger partial charge in [-0.05, 0) is 0 Å². The first-order valence-electron chi connectivity index (χ1n) is 0.932. The van der Waals surface area contributed by atoms with Crippen molar-refractivity contribution in [1.29, 1.82) is 0 Å². The zero-order chi connectivity index (χ0) is 3.91. The van der Waals surface area contributed by atoms with E-state index in [1.54, 1.807) is 0 Å². The maximum Gasteiger partial charge on any atom is 1.00 e. The maximum absolute atomic E-state index is 7.85. The molecule has 0 unspecified atom stereocenters. The molecule has 1 heterocycles. The Labute approximate surface area is 48.3 Å². The van der Waals surface area contributed by atoms with Gasteiger partial charge < -0.3 is 1.43 Å². The Kier molecular flexibility index (Phi) is 2.02. The van der Waals surface area contributed by atoms with E-state index in [2.05, 4.69) is 9.35 Å². The number of hydrogen-bond acceptors (Lipinski definition) is 4. The van der Waals surface area contributed by atoms with Gasteiger partial charge in [-0.2, -0.15) is 9.79 Å². The summed E-state index contributed by atoms with van der Waals surface area (Å²) in [6, 6.07) is 0. The standard InChI is InChI=1S/Li.H2O4P.H/c;1-5(2)3-4-5;/h;1-2H;/q2*+1;-1. The Morgan fingerprint density at radius 2 is 1.50 bits per heavy atom. The first kappa shape index (κ1) is 6.87.